The molecule has 0 spiro atoms. The topological polar surface area (TPSA) is 66.6 Å². The summed E-state index contributed by atoms with van der Waals surface area (Å²) in [6.45, 7) is 3.54. The van der Waals surface area contributed by atoms with Gasteiger partial charge in [0, 0.05) is 24.8 Å². The van der Waals surface area contributed by atoms with Crippen LogP contribution < -0.4 is 5.73 Å². The van der Waals surface area contributed by atoms with E-state index in [1.54, 1.807) is 28.6 Å². The van der Waals surface area contributed by atoms with Gasteiger partial charge in [-0.2, -0.15) is 0 Å². The third-order valence-corrected chi connectivity index (χ3v) is 6.32. The number of benzene rings is 1. The minimum atomic E-state index is -3.22. The van der Waals surface area contributed by atoms with Gasteiger partial charge in [-0.15, -0.1) is 0 Å². The van der Waals surface area contributed by atoms with Gasteiger partial charge in [0.25, 0.3) is 0 Å². The largest absolute Gasteiger partial charge is 0.399 e. The monoisotopic (exact) mass is 309 g/mol. The zero-order valence-corrected chi connectivity index (χ0v) is 13.1. The highest BCUT2D eigenvalue weighted by Crippen LogP contribution is 2.24. The van der Waals surface area contributed by atoms with Crippen molar-refractivity contribution in [2.75, 3.05) is 31.9 Å². The average molecular weight is 309 g/mol. The van der Waals surface area contributed by atoms with E-state index < -0.39 is 10.0 Å². The second-order valence-corrected chi connectivity index (χ2v) is 8.01. The quantitative estimate of drug-likeness (QED) is 0.851. The number of rotatable bonds is 4. The first-order valence-electron chi connectivity index (χ1n) is 7.61. The van der Waals surface area contributed by atoms with Crippen molar-refractivity contribution in [3.63, 3.8) is 0 Å². The van der Waals surface area contributed by atoms with E-state index in [0.29, 0.717) is 24.8 Å². The Kier molecular flexibility index (Phi) is 4.19. The molecule has 2 heterocycles. The molecule has 0 bridgehead atoms. The fourth-order valence-electron chi connectivity index (χ4n) is 3.28. The zero-order valence-electron chi connectivity index (χ0n) is 12.2. The summed E-state index contributed by atoms with van der Waals surface area (Å²) < 4.78 is 26.7. The summed E-state index contributed by atoms with van der Waals surface area (Å²) in [6.07, 6.45) is 3.45. The lowest BCUT2D eigenvalue weighted by Crippen LogP contribution is -2.37. The highest BCUT2D eigenvalue weighted by atomic mass is 32.2. The number of nitrogen functional groups attached to an aromatic ring is 1. The fourth-order valence-corrected chi connectivity index (χ4v) is 4.86. The van der Waals surface area contributed by atoms with Gasteiger partial charge in [-0.25, -0.2) is 12.7 Å². The summed E-state index contributed by atoms with van der Waals surface area (Å²) in [6, 6.07) is 7.50. The molecule has 1 aromatic rings. The Morgan fingerprint density at radius 3 is 2.43 bits per heavy atom. The summed E-state index contributed by atoms with van der Waals surface area (Å²) in [5, 5.41) is 0. The van der Waals surface area contributed by atoms with Gasteiger partial charge < -0.3 is 5.73 Å². The van der Waals surface area contributed by atoms with Gasteiger partial charge in [0.05, 0.1) is 5.75 Å². The maximum Gasteiger partial charge on any atom is 0.218 e. The summed E-state index contributed by atoms with van der Waals surface area (Å²) >= 11 is 0. The van der Waals surface area contributed by atoms with Crippen molar-refractivity contribution in [2.24, 2.45) is 0 Å². The van der Waals surface area contributed by atoms with Gasteiger partial charge in [-0.3, -0.25) is 4.90 Å². The van der Waals surface area contributed by atoms with Crippen molar-refractivity contribution >= 4 is 15.7 Å². The molecule has 2 fully saturated rings. The molecule has 1 unspecified atom stereocenters. The Balaban J connectivity index is 1.64. The molecule has 1 aromatic carbocycles. The van der Waals surface area contributed by atoms with Crippen molar-refractivity contribution in [3.8, 4) is 0 Å². The molecular weight excluding hydrogens is 286 g/mol. The van der Waals surface area contributed by atoms with Gasteiger partial charge in [-0.1, -0.05) is 12.1 Å². The number of anilines is 1. The van der Waals surface area contributed by atoms with Crippen molar-refractivity contribution in [2.45, 2.75) is 31.1 Å². The van der Waals surface area contributed by atoms with Crippen LogP contribution >= 0.6 is 0 Å². The van der Waals surface area contributed by atoms with Crippen molar-refractivity contribution in [1.82, 2.24) is 9.21 Å². The Labute approximate surface area is 126 Å². The second-order valence-electron chi connectivity index (χ2n) is 6.04. The van der Waals surface area contributed by atoms with E-state index in [-0.39, 0.29) is 5.75 Å². The van der Waals surface area contributed by atoms with E-state index in [4.69, 9.17) is 5.73 Å². The van der Waals surface area contributed by atoms with Crippen LogP contribution in [-0.2, 0) is 15.8 Å². The fraction of sp³-hybridized carbons (Fsp3) is 0.600. The smallest absolute Gasteiger partial charge is 0.218 e. The minimum Gasteiger partial charge on any atom is -0.399 e. The van der Waals surface area contributed by atoms with E-state index >= 15 is 0 Å². The minimum absolute atomic E-state index is 0.0694. The first-order chi connectivity index (χ1) is 10.0. The summed E-state index contributed by atoms with van der Waals surface area (Å²) in [4.78, 5) is 2.44. The third-order valence-electron chi connectivity index (χ3n) is 4.51. The standard InChI is InChI=1S/C15H23N3O2S/c16-14-5-3-13(4-6-14)12-21(19,20)18-10-7-15(11-18)17-8-1-2-9-17/h3-6,15H,1-2,7-12,16H2. The maximum absolute atomic E-state index is 12.5. The van der Waals surface area contributed by atoms with E-state index in [2.05, 4.69) is 4.90 Å². The van der Waals surface area contributed by atoms with E-state index in [1.165, 1.54) is 12.8 Å². The lowest BCUT2D eigenvalue weighted by Gasteiger charge is -2.23. The molecule has 0 amide bonds. The number of sulfonamides is 1. The number of nitrogens with zero attached hydrogens (tertiary/aromatic N) is 2. The zero-order chi connectivity index (χ0) is 14.9. The second kappa shape index (κ2) is 5.94. The van der Waals surface area contributed by atoms with Crippen LogP contribution in [0.25, 0.3) is 0 Å². The van der Waals surface area contributed by atoms with Crippen LogP contribution in [0.15, 0.2) is 24.3 Å². The summed E-state index contributed by atoms with van der Waals surface area (Å²) in [7, 11) is -3.22. The van der Waals surface area contributed by atoms with Crippen molar-refractivity contribution in [3.05, 3.63) is 29.8 Å². The molecule has 2 aliphatic rings. The molecule has 0 saturated carbocycles. The Bertz CT molecular complexity index is 579. The molecule has 6 heteroatoms. The van der Waals surface area contributed by atoms with E-state index in [1.807, 2.05) is 0 Å². The Hall–Kier alpha value is -1.11. The molecule has 2 aliphatic heterocycles. The SMILES string of the molecule is Nc1ccc(CS(=O)(=O)N2CCC(N3CCCC3)C2)cc1. The third kappa shape index (κ3) is 3.39. The van der Waals surface area contributed by atoms with Crippen LogP contribution in [0.4, 0.5) is 5.69 Å². The molecule has 0 aromatic heterocycles. The van der Waals surface area contributed by atoms with E-state index in [0.717, 1.165) is 25.1 Å². The number of hydrogen-bond acceptors (Lipinski definition) is 4. The molecule has 0 aliphatic carbocycles. The van der Waals surface area contributed by atoms with Gasteiger partial charge in [-0.05, 0) is 50.0 Å². The van der Waals surface area contributed by atoms with Gasteiger partial charge in [0.2, 0.25) is 10.0 Å². The van der Waals surface area contributed by atoms with Crippen molar-refractivity contribution in [1.29, 1.82) is 0 Å². The molecule has 2 saturated heterocycles. The number of nitrogens with two attached hydrogens (primary N) is 1. The van der Waals surface area contributed by atoms with Crippen LogP contribution in [-0.4, -0.2) is 49.8 Å². The predicted octanol–water partition coefficient (Wildman–Crippen LogP) is 1.27. The lowest BCUT2D eigenvalue weighted by atomic mass is 10.2. The highest BCUT2D eigenvalue weighted by Gasteiger charge is 2.34. The van der Waals surface area contributed by atoms with Crippen molar-refractivity contribution < 1.29 is 8.42 Å². The highest BCUT2D eigenvalue weighted by molar-refractivity contribution is 7.88. The predicted molar refractivity (Wildman–Crippen MR) is 84.3 cm³/mol. The van der Waals surface area contributed by atoms with Gasteiger partial charge in [0.1, 0.15) is 0 Å². The van der Waals surface area contributed by atoms with Crippen LogP contribution in [0.5, 0.6) is 0 Å². The molecule has 5 nitrogen and oxygen atoms in total. The van der Waals surface area contributed by atoms with Crippen LogP contribution in [0.3, 0.4) is 0 Å². The first kappa shape index (κ1) is 14.8. The van der Waals surface area contributed by atoms with Crippen LogP contribution in [0.1, 0.15) is 24.8 Å². The number of likely N-dealkylation sites (tertiary alicyclic amines) is 1. The van der Waals surface area contributed by atoms with Crippen LogP contribution in [0.2, 0.25) is 0 Å². The first-order valence-corrected chi connectivity index (χ1v) is 9.22. The molecular formula is C15H23N3O2S. The molecule has 21 heavy (non-hydrogen) atoms. The molecule has 2 N–H and O–H groups in total. The summed E-state index contributed by atoms with van der Waals surface area (Å²) in [5.74, 6) is 0.0694. The average Bonchev–Trinajstić information content (AvgIpc) is 3.11. The maximum atomic E-state index is 12.5. The molecule has 3 rings (SSSR count). The Morgan fingerprint density at radius 2 is 1.76 bits per heavy atom. The Morgan fingerprint density at radius 1 is 1.10 bits per heavy atom. The molecule has 0 radical (unpaired) electrons. The molecule has 116 valence electrons. The normalized spacial score (nSPS) is 24.7. The summed E-state index contributed by atoms with van der Waals surface area (Å²) in [5.41, 5.74) is 7.09. The van der Waals surface area contributed by atoms with Gasteiger partial charge >= 0.3 is 0 Å². The number of hydrogen-bond donors (Lipinski definition) is 1. The lowest BCUT2D eigenvalue weighted by molar-refractivity contribution is 0.251. The van der Waals surface area contributed by atoms with Gasteiger partial charge in [0.15, 0.2) is 0 Å². The van der Waals surface area contributed by atoms with Crippen LogP contribution in [0, 0.1) is 0 Å². The molecule has 1 atom stereocenters. The van der Waals surface area contributed by atoms with E-state index in [9.17, 15) is 8.42 Å².